The van der Waals surface area contributed by atoms with E-state index in [0.717, 1.165) is 37.9 Å². The van der Waals surface area contributed by atoms with Gasteiger partial charge in [0, 0.05) is 25.1 Å². The number of rotatable bonds is 6. The number of carbonyl (C=O) groups is 1. The molecule has 0 N–H and O–H groups in total. The number of carbonyl (C=O) groups excluding carboxylic acids is 1. The Bertz CT molecular complexity index is 749. The molecule has 1 heterocycles. The zero-order valence-electron chi connectivity index (χ0n) is 16.2. The Kier molecular flexibility index (Phi) is 6.49. The minimum Gasteiger partial charge on any atom is -0.489 e. The van der Waals surface area contributed by atoms with Crippen LogP contribution in [0.25, 0.3) is 0 Å². The van der Waals surface area contributed by atoms with E-state index >= 15 is 0 Å². The number of halogens is 1. The van der Waals surface area contributed by atoms with Crippen LogP contribution in [0, 0.1) is 17.7 Å². The molecular formula is C23H28FNO2. The van der Waals surface area contributed by atoms with Crippen LogP contribution < -0.4 is 4.74 Å². The van der Waals surface area contributed by atoms with Crippen molar-refractivity contribution in [1.82, 2.24) is 4.90 Å². The molecule has 1 aliphatic rings. The summed E-state index contributed by atoms with van der Waals surface area (Å²) < 4.78 is 18.8. The number of nitrogens with zero attached hydrogens (tertiary/aromatic N) is 1. The van der Waals surface area contributed by atoms with Gasteiger partial charge in [0.25, 0.3) is 0 Å². The van der Waals surface area contributed by atoms with E-state index in [4.69, 9.17) is 4.74 Å². The molecule has 27 heavy (non-hydrogen) atoms. The van der Waals surface area contributed by atoms with Crippen LogP contribution in [0.2, 0.25) is 0 Å². The number of benzene rings is 2. The first-order valence-corrected chi connectivity index (χ1v) is 9.76. The highest BCUT2D eigenvalue weighted by Crippen LogP contribution is 2.23. The minimum atomic E-state index is -0.288. The topological polar surface area (TPSA) is 29.5 Å². The predicted molar refractivity (Wildman–Crippen MR) is 105 cm³/mol. The van der Waals surface area contributed by atoms with Gasteiger partial charge >= 0.3 is 0 Å². The molecule has 1 amide bonds. The van der Waals surface area contributed by atoms with Crippen molar-refractivity contribution in [3.8, 4) is 5.75 Å². The number of amides is 1. The average Bonchev–Trinajstić information content (AvgIpc) is 2.67. The van der Waals surface area contributed by atoms with Gasteiger partial charge in [-0.3, -0.25) is 4.79 Å². The van der Waals surface area contributed by atoms with E-state index < -0.39 is 0 Å². The summed E-state index contributed by atoms with van der Waals surface area (Å²) in [5.41, 5.74) is 2.39. The molecule has 144 valence electrons. The molecular weight excluding hydrogens is 341 g/mol. The van der Waals surface area contributed by atoms with Crippen molar-refractivity contribution in [2.45, 2.75) is 39.7 Å². The highest BCUT2D eigenvalue weighted by Gasteiger charge is 2.24. The lowest BCUT2D eigenvalue weighted by atomic mass is 9.89. The molecule has 1 fully saturated rings. The van der Waals surface area contributed by atoms with Gasteiger partial charge in [0.1, 0.15) is 18.2 Å². The average molecular weight is 369 g/mol. The Morgan fingerprint density at radius 2 is 1.78 bits per heavy atom. The molecule has 2 aromatic carbocycles. The van der Waals surface area contributed by atoms with Gasteiger partial charge < -0.3 is 9.64 Å². The predicted octanol–water partition coefficient (Wildman–Crippen LogP) is 4.84. The van der Waals surface area contributed by atoms with Gasteiger partial charge in [0.15, 0.2) is 0 Å². The smallest absolute Gasteiger partial charge is 0.225 e. The normalized spacial score (nSPS) is 15.2. The van der Waals surface area contributed by atoms with Crippen LogP contribution >= 0.6 is 0 Å². The maximum absolute atomic E-state index is 13.2. The largest absolute Gasteiger partial charge is 0.489 e. The van der Waals surface area contributed by atoms with Crippen molar-refractivity contribution in [2.24, 2.45) is 11.8 Å². The Morgan fingerprint density at radius 3 is 2.41 bits per heavy atom. The first-order valence-electron chi connectivity index (χ1n) is 9.76. The van der Waals surface area contributed by atoms with E-state index in [9.17, 15) is 9.18 Å². The highest BCUT2D eigenvalue weighted by molar-refractivity contribution is 5.78. The van der Waals surface area contributed by atoms with Crippen LogP contribution in [0.3, 0.4) is 0 Å². The maximum atomic E-state index is 13.2. The number of hydrogen-bond donors (Lipinski definition) is 0. The first kappa shape index (κ1) is 19.4. The molecule has 1 aliphatic heterocycles. The van der Waals surface area contributed by atoms with Gasteiger partial charge in [-0.05, 0) is 48.4 Å². The summed E-state index contributed by atoms with van der Waals surface area (Å²) >= 11 is 0. The molecule has 0 saturated carbocycles. The van der Waals surface area contributed by atoms with Crippen LogP contribution in [0.5, 0.6) is 5.75 Å². The third-order valence-corrected chi connectivity index (χ3v) is 5.17. The molecule has 1 saturated heterocycles. The fourth-order valence-corrected chi connectivity index (χ4v) is 3.55. The summed E-state index contributed by atoms with van der Waals surface area (Å²) in [7, 11) is 0. The van der Waals surface area contributed by atoms with Gasteiger partial charge in [-0.2, -0.15) is 0 Å². The minimum absolute atomic E-state index is 0.0868. The fraction of sp³-hybridized carbons (Fsp3) is 0.435. The van der Waals surface area contributed by atoms with E-state index in [1.165, 1.54) is 17.7 Å². The van der Waals surface area contributed by atoms with E-state index in [2.05, 4.69) is 24.3 Å². The summed E-state index contributed by atoms with van der Waals surface area (Å²) in [6, 6.07) is 14.7. The van der Waals surface area contributed by atoms with E-state index in [0.29, 0.717) is 18.3 Å². The van der Waals surface area contributed by atoms with Crippen LogP contribution in [-0.2, 0) is 17.8 Å². The second kappa shape index (κ2) is 9.03. The van der Waals surface area contributed by atoms with Gasteiger partial charge in [-0.15, -0.1) is 0 Å². The van der Waals surface area contributed by atoms with Crippen LogP contribution in [0.4, 0.5) is 4.39 Å². The molecule has 0 unspecified atom stereocenters. The summed E-state index contributed by atoms with van der Waals surface area (Å²) in [6.45, 7) is 6.11. The lowest BCUT2D eigenvalue weighted by Crippen LogP contribution is -2.40. The highest BCUT2D eigenvalue weighted by atomic mass is 19.1. The molecule has 0 aromatic heterocycles. The molecule has 2 aromatic rings. The van der Waals surface area contributed by atoms with Crippen LogP contribution in [0.15, 0.2) is 48.5 Å². The zero-order valence-corrected chi connectivity index (χ0v) is 16.2. The quantitative estimate of drug-likeness (QED) is 0.729. The second-order valence-corrected chi connectivity index (χ2v) is 7.69. The zero-order chi connectivity index (χ0) is 19.2. The van der Waals surface area contributed by atoms with Gasteiger partial charge in [0.2, 0.25) is 5.91 Å². The Morgan fingerprint density at radius 1 is 1.11 bits per heavy atom. The number of hydrogen-bond acceptors (Lipinski definition) is 2. The lowest BCUT2D eigenvalue weighted by Gasteiger charge is -2.33. The van der Waals surface area contributed by atoms with E-state index in [-0.39, 0.29) is 17.6 Å². The summed E-state index contributed by atoms with van der Waals surface area (Å²) in [5.74, 6) is 1.25. The van der Waals surface area contributed by atoms with Crippen LogP contribution in [0.1, 0.15) is 37.8 Å². The van der Waals surface area contributed by atoms with Gasteiger partial charge in [-0.1, -0.05) is 44.2 Å². The van der Waals surface area contributed by atoms with Crippen molar-refractivity contribution in [3.63, 3.8) is 0 Å². The Labute approximate surface area is 161 Å². The molecule has 4 heteroatoms. The Hall–Kier alpha value is -2.36. The molecule has 0 bridgehead atoms. The lowest BCUT2D eigenvalue weighted by molar-refractivity contribution is -0.135. The number of ether oxygens (including phenoxy) is 1. The van der Waals surface area contributed by atoms with Crippen LogP contribution in [-0.4, -0.2) is 23.9 Å². The molecule has 0 atom stereocenters. The SMILES string of the molecule is CC(C)C(=O)N1CCC(Cc2ccc(COc3cccc(F)c3)cc2)CC1. The third-order valence-electron chi connectivity index (χ3n) is 5.17. The molecule has 3 rings (SSSR count). The molecule has 0 radical (unpaired) electrons. The number of piperidine rings is 1. The van der Waals surface area contributed by atoms with Gasteiger partial charge in [0.05, 0.1) is 0 Å². The second-order valence-electron chi connectivity index (χ2n) is 7.69. The maximum Gasteiger partial charge on any atom is 0.225 e. The van der Waals surface area contributed by atoms with Gasteiger partial charge in [-0.25, -0.2) is 4.39 Å². The van der Waals surface area contributed by atoms with E-state index in [1.807, 2.05) is 18.7 Å². The molecule has 0 aliphatic carbocycles. The third kappa shape index (κ3) is 5.56. The standard InChI is InChI=1S/C23H28FNO2/c1-17(2)23(26)25-12-10-19(11-13-25)14-18-6-8-20(9-7-18)16-27-22-5-3-4-21(24)15-22/h3-9,15,17,19H,10-14,16H2,1-2H3. The molecule has 3 nitrogen and oxygen atoms in total. The van der Waals surface area contributed by atoms with E-state index in [1.54, 1.807) is 12.1 Å². The summed E-state index contributed by atoms with van der Waals surface area (Å²) in [6.07, 6.45) is 3.19. The van der Waals surface area contributed by atoms with Crippen molar-refractivity contribution in [2.75, 3.05) is 13.1 Å². The van der Waals surface area contributed by atoms with Crippen molar-refractivity contribution in [3.05, 3.63) is 65.5 Å². The molecule has 0 spiro atoms. The summed E-state index contributed by atoms with van der Waals surface area (Å²) in [5, 5.41) is 0. The Balaban J connectivity index is 1.46. The first-order chi connectivity index (χ1) is 13.0. The summed E-state index contributed by atoms with van der Waals surface area (Å²) in [4.78, 5) is 14.1. The van der Waals surface area contributed by atoms with Crippen molar-refractivity contribution < 1.29 is 13.9 Å². The number of likely N-dealkylation sites (tertiary alicyclic amines) is 1. The fourth-order valence-electron chi connectivity index (χ4n) is 3.55. The van der Waals surface area contributed by atoms with Crippen molar-refractivity contribution in [1.29, 1.82) is 0 Å². The monoisotopic (exact) mass is 369 g/mol. The van der Waals surface area contributed by atoms with Crippen molar-refractivity contribution >= 4 is 5.91 Å².